The first-order chi connectivity index (χ1) is 9.15. The van der Waals surface area contributed by atoms with Gasteiger partial charge in [0.25, 0.3) is 5.91 Å². The zero-order valence-electron chi connectivity index (χ0n) is 11.8. The Morgan fingerprint density at radius 1 is 1.20 bits per heavy atom. The molecular formula is C13H18FN3O3. The van der Waals surface area contributed by atoms with Gasteiger partial charge in [-0.2, -0.15) is 0 Å². The number of aromatic hydroxyl groups is 1. The first-order valence-electron chi connectivity index (χ1n) is 5.98. The lowest BCUT2D eigenvalue weighted by Crippen LogP contribution is -2.32. The number of anilines is 2. The van der Waals surface area contributed by atoms with Crippen LogP contribution in [0.4, 0.5) is 20.6 Å². The third-order valence-corrected chi connectivity index (χ3v) is 2.61. The molecule has 0 heterocycles. The van der Waals surface area contributed by atoms with Gasteiger partial charge in [-0.3, -0.25) is 4.79 Å². The highest BCUT2D eigenvalue weighted by molar-refractivity contribution is 5.99. The van der Waals surface area contributed by atoms with E-state index < -0.39 is 17.6 Å². The maximum Gasteiger partial charge on any atom is 0.318 e. The zero-order valence-corrected chi connectivity index (χ0v) is 11.8. The Kier molecular flexibility index (Phi) is 4.54. The van der Waals surface area contributed by atoms with Crippen LogP contribution in [0.15, 0.2) is 12.1 Å². The van der Waals surface area contributed by atoms with Gasteiger partial charge >= 0.3 is 6.03 Å². The van der Waals surface area contributed by atoms with E-state index in [9.17, 15) is 19.1 Å². The quantitative estimate of drug-likeness (QED) is 0.506. The van der Waals surface area contributed by atoms with Gasteiger partial charge in [-0.1, -0.05) is 0 Å². The van der Waals surface area contributed by atoms with Gasteiger partial charge in [0.1, 0.15) is 5.75 Å². The van der Waals surface area contributed by atoms with E-state index in [-0.39, 0.29) is 11.4 Å². The molecule has 0 saturated carbocycles. The Balaban J connectivity index is 3.06. The molecule has 0 aliphatic heterocycles. The lowest BCUT2D eigenvalue weighted by Gasteiger charge is -2.17. The number of benzene rings is 1. The smallest absolute Gasteiger partial charge is 0.318 e. The summed E-state index contributed by atoms with van der Waals surface area (Å²) in [6.45, 7) is 3.89. The van der Waals surface area contributed by atoms with E-state index in [0.29, 0.717) is 11.3 Å². The van der Waals surface area contributed by atoms with Crippen molar-refractivity contribution in [2.75, 3.05) is 17.7 Å². The van der Waals surface area contributed by atoms with E-state index in [2.05, 4.69) is 16.0 Å². The van der Waals surface area contributed by atoms with Crippen LogP contribution in [0.2, 0.25) is 0 Å². The van der Waals surface area contributed by atoms with Gasteiger partial charge in [0.05, 0.1) is 5.69 Å². The van der Waals surface area contributed by atoms with Crippen molar-refractivity contribution in [1.29, 1.82) is 0 Å². The number of phenolic OH excluding ortho intramolecular Hbond substituents is 1. The number of carbonyl (C=O) groups excluding carboxylic acids is 2. The molecule has 0 aromatic heterocycles. The molecule has 1 aromatic rings. The van der Waals surface area contributed by atoms with Gasteiger partial charge in [-0.25, -0.2) is 9.18 Å². The largest absolute Gasteiger partial charge is 0.506 e. The summed E-state index contributed by atoms with van der Waals surface area (Å²) >= 11 is 0. The van der Waals surface area contributed by atoms with Gasteiger partial charge in [-0.15, -0.1) is 0 Å². The summed E-state index contributed by atoms with van der Waals surface area (Å²) < 4.78 is 13.5. The molecule has 0 aliphatic carbocycles. The Bertz CT molecular complexity index is 538. The fourth-order valence-electron chi connectivity index (χ4n) is 1.38. The summed E-state index contributed by atoms with van der Waals surface area (Å²) in [5, 5.41) is 16.9. The summed E-state index contributed by atoms with van der Waals surface area (Å²) in [5.74, 6) is -1.09. The molecule has 0 radical (unpaired) electrons. The topological polar surface area (TPSA) is 90.5 Å². The number of carbonyl (C=O) groups is 2. The number of phenols is 1. The fraction of sp³-hybridized carbons (Fsp3) is 0.385. The van der Waals surface area contributed by atoms with Crippen LogP contribution in [0.25, 0.3) is 0 Å². The van der Waals surface area contributed by atoms with E-state index in [1.165, 1.54) is 19.2 Å². The minimum absolute atomic E-state index is 0.0257. The number of amides is 3. The Labute approximate surface area is 116 Å². The molecule has 6 nitrogen and oxygen atoms in total. The van der Waals surface area contributed by atoms with E-state index in [4.69, 9.17) is 0 Å². The summed E-state index contributed by atoms with van der Waals surface area (Å²) in [6.07, 6.45) is 0. The van der Waals surface area contributed by atoms with E-state index in [1.54, 1.807) is 6.92 Å². The second-order valence-electron chi connectivity index (χ2n) is 4.81. The lowest BCUT2D eigenvalue weighted by atomic mass is 10.1. The number of rotatable bonds is 3. The van der Waals surface area contributed by atoms with Gasteiger partial charge < -0.3 is 21.1 Å². The molecule has 0 aliphatic rings. The molecule has 0 spiro atoms. The van der Waals surface area contributed by atoms with Crippen LogP contribution in [0.5, 0.6) is 5.75 Å². The van der Waals surface area contributed by atoms with Crippen LogP contribution >= 0.6 is 0 Å². The number of nitrogens with one attached hydrogen (secondary N) is 3. The second kappa shape index (κ2) is 5.77. The zero-order chi connectivity index (χ0) is 15.5. The third-order valence-electron chi connectivity index (χ3n) is 2.61. The molecule has 110 valence electrons. The van der Waals surface area contributed by atoms with Gasteiger partial charge in [0.15, 0.2) is 5.67 Å². The van der Waals surface area contributed by atoms with E-state index in [0.717, 1.165) is 13.8 Å². The normalized spacial score (nSPS) is 10.8. The van der Waals surface area contributed by atoms with Gasteiger partial charge in [0, 0.05) is 12.7 Å². The van der Waals surface area contributed by atoms with Crippen molar-refractivity contribution >= 4 is 23.3 Å². The molecule has 1 rings (SSSR count). The molecule has 0 unspecified atom stereocenters. The van der Waals surface area contributed by atoms with Crippen molar-refractivity contribution in [3.63, 3.8) is 0 Å². The minimum Gasteiger partial charge on any atom is -0.506 e. The molecule has 0 saturated heterocycles. The monoisotopic (exact) mass is 283 g/mol. The summed E-state index contributed by atoms with van der Waals surface area (Å²) in [7, 11) is 1.46. The molecule has 7 heteroatoms. The van der Waals surface area contributed by atoms with E-state index in [1.807, 2.05) is 0 Å². The number of alkyl halides is 1. The molecule has 20 heavy (non-hydrogen) atoms. The fourth-order valence-corrected chi connectivity index (χ4v) is 1.38. The predicted molar refractivity (Wildman–Crippen MR) is 74.7 cm³/mol. The highest BCUT2D eigenvalue weighted by Crippen LogP contribution is 2.31. The van der Waals surface area contributed by atoms with Crippen molar-refractivity contribution in [3.8, 4) is 5.75 Å². The Morgan fingerprint density at radius 2 is 1.80 bits per heavy atom. The van der Waals surface area contributed by atoms with Crippen LogP contribution in [0, 0.1) is 6.92 Å². The van der Waals surface area contributed by atoms with Gasteiger partial charge in [0.2, 0.25) is 0 Å². The van der Waals surface area contributed by atoms with Crippen molar-refractivity contribution in [1.82, 2.24) is 5.32 Å². The SMILES string of the molecule is CNC(=O)Nc1cc(NC(=O)C(C)(C)F)c(O)cc1C. The summed E-state index contributed by atoms with van der Waals surface area (Å²) in [6, 6.07) is 2.29. The Morgan fingerprint density at radius 3 is 2.30 bits per heavy atom. The van der Waals surface area contributed by atoms with Crippen molar-refractivity contribution in [2.45, 2.75) is 26.4 Å². The van der Waals surface area contributed by atoms with Crippen LogP contribution in [-0.2, 0) is 4.79 Å². The molecular weight excluding hydrogens is 265 g/mol. The summed E-state index contributed by atoms with van der Waals surface area (Å²) in [5.41, 5.74) is -1.05. The minimum atomic E-state index is -2.08. The average Bonchev–Trinajstić information content (AvgIpc) is 2.33. The highest BCUT2D eigenvalue weighted by Gasteiger charge is 2.27. The van der Waals surface area contributed by atoms with Crippen LogP contribution in [-0.4, -0.2) is 29.8 Å². The lowest BCUT2D eigenvalue weighted by molar-refractivity contribution is -0.125. The first kappa shape index (κ1) is 15.7. The number of halogens is 1. The molecule has 4 N–H and O–H groups in total. The molecule has 0 atom stereocenters. The predicted octanol–water partition coefficient (Wildman–Crippen LogP) is 2.14. The number of hydrogen-bond acceptors (Lipinski definition) is 3. The maximum atomic E-state index is 13.5. The van der Waals surface area contributed by atoms with Gasteiger partial charge in [-0.05, 0) is 38.5 Å². The highest BCUT2D eigenvalue weighted by atomic mass is 19.1. The van der Waals surface area contributed by atoms with Crippen molar-refractivity contribution in [2.24, 2.45) is 0 Å². The second-order valence-corrected chi connectivity index (χ2v) is 4.81. The van der Waals surface area contributed by atoms with Crippen LogP contribution in [0.3, 0.4) is 0 Å². The number of hydrogen-bond donors (Lipinski definition) is 4. The molecule has 3 amide bonds. The van der Waals surface area contributed by atoms with Crippen LogP contribution in [0.1, 0.15) is 19.4 Å². The average molecular weight is 283 g/mol. The number of aryl methyl sites for hydroxylation is 1. The maximum absolute atomic E-state index is 13.5. The third kappa shape index (κ3) is 3.84. The molecule has 1 aromatic carbocycles. The summed E-state index contributed by atoms with van der Waals surface area (Å²) in [4.78, 5) is 22.8. The Hall–Kier alpha value is -2.31. The molecule has 0 fully saturated rings. The standard InChI is InChI=1S/C13H18FN3O3/c1-7-5-10(18)9(16-11(19)13(2,3)14)6-8(7)17-12(20)15-4/h5-6,18H,1-4H3,(H,16,19)(H2,15,17,20). The number of urea groups is 1. The van der Waals surface area contributed by atoms with Crippen molar-refractivity contribution in [3.05, 3.63) is 17.7 Å². The van der Waals surface area contributed by atoms with Crippen LogP contribution < -0.4 is 16.0 Å². The molecule has 0 bridgehead atoms. The van der Waals surface area contributed by atoms with Crippen molar-refractivity contribution < 1.29 is 19.1 Å². The van der Waals surface area contributed by atoms with E-state index >= 15 is 0 Å². The first-order valence-corrected chi connectivity index (χ1v) is 5.98.